The van der Waals surface area contributed by atoms with Gasteiger partial charge in [0.2, 0.25) is 0 Å². The molecule has 6 heteroatoms. The van der Waals surface area contributed by atoms with Gasteiger partial charge in [0.25, 0.3) is 0 Å². The molecule has 92 valence electrons. The van der Waals surface area contributed by atoms with Crippen molar-refractivity contribution in [1.82, 2.24) is 9.97 Å². The van der Waals surface area contributed by atoms with Gasteiger partial charge in [0.1, 0.15) is 23.6 Å². The molecule has 0 spiro atoms. The average molecular weight is 235 g/mol. The summed E-state index contributed by atoms with van der Waals surface area (Å²) >= 11 is 0. The fourth-order valence-electron chi connectivity index (χ4n) is 1.90. The Morgan fingerprint density at radius 1 is 1.53 bits per heavy atom. The first-order valence-electron chi connectivity index (χ1n) is 5.59. The molecule has 1 atom stereocenters. The molecule has 1 aliphatic rings. The lowest BCUT2D eigenvalue weighted by atomic mass is 10.2. The van der Waals surface area contributed by atoms with Gasteiger partial charge < -0.3 is 15.4 Å². The molecule has 0 radical (unpaired) electrons. The van der Waals surface area contributed by atoms with Crippen molar-refractivity contribution < 1.29 is 4.74 Å². The zero-order valence-electron chi connectivity index (χ0n) is 10.1. The van der Waals surface area contributed by atoms with E-state index in [2.05, 4.69) is 14.9 Å². The summed E-state index contributed by atoms with van der Waals surface area (Å²) in [4.78, 5) is 10.7. The molecule has 1 saturated heterocycles. The highest BCUT2D eigenvalue weighted by Crippen LogP contribution is 2.16. The first kappa shape index (κ1) is 11.8. The van der Waals surface area contributed by atoms with E-state index in [0.717, 1.165) is 23.9 Å². The minimum absolute atomic E-state index is 0.0669. The van der Waals surface area contributed by atoms with Gasteiger partial charge in [-0.15, -0.1) is 0 Å². The van der Waals surface area contributed by atoms with Crippen molar-refractivity contribution in [2.24, 2.45) is 5.73 Å². The van der Waals surface area contributed by atoms with Crippen molar-refractivity contribution in [3.05, 3.63) is 17.6 Å². The number of aromatic nitrogens is 2. The minimum Gasteiger partial charge on any atom is -0.385 e. The molecule has 17 heavy (non-hydrogen) atoms. The van der Waals surface area contributed by atoms with E-state index in [0.29, 0.717) is 13.2 Å². The summed E-state index contributed by atoms with van der Waals surface area (Å²) in [6.07, 6.45) is -0.334. The first-order chi connectivity index (χ1) is 8.06. The number of ether oxygens (including phenoxy) is 1. The average Bonchev–Trinajstić information content (AvgIpc) is 2.28. The predicted octanol–water partition coefficient (Wildman–Crippen LogP) is 0.235. The zero-order chi connectivity index (χ0) is 12.4. The summed E-state index contributed by atoms with van der Waals surface area (Å²) in [5, 5.41) is 7.42. The molecule has 0 saturated carbocycles. The highest BCUT2D eigenvalue weighted by molar-refractivity contribution is 5.82. The zero-order valence-corrected chi connectivity index (χ0v) is 10.1. The summed E-state index contributed by atoms with van der Waals surface area (Å²) in [6, 6.07) is 1.94. The van der Waals surface area contributed by atoms with E-state index in [9.17, 15) is 0 Å². The third-order valence-electron chi connectivity index (χ3n) is 2.69. The molecule has 1 aliphatic heterocycles. The molecule has 0 aliphatic carbocycles. The van der Waals surface area contributed by atoms with Crippen LogP contribution in [-0.2, 0) is 4.74 Å². The molecule has 1 aromatic rings. The normalized spacial score (nSPS) is 20.4. The number of anilines is 1. The molecule has 1 aromatic heterocycles. The van der Waals surface area contributed by atoms with Crippen LogP contribution in [0.3, 0.4) is 0 Å². The van der Waals surface area contributed by atoms with Crippen LogP contribution in [0.4, 0.5) is 5.82 Å². The fraction of sp³-hybridized carbons (Fsp3) is 0.545. The lowest BCUT2D eigenvalue weighted by Gasteiger charge is -2.33. The van der Waals surface area contributed by atoms with Gasteiger partial charge >= 0.3 is 0 Å². The number of amidine groups is 1. The van der Waals surface area contributed by atoms with E-state index in [-0.39, 0.29) is 11.9 Å². The number of morpholine rings is 1. The molecule has 2 heterocycles. The molecule has 6 nitrogen and oxygen atoms in total. The van der Waals surface area contributed by atoms with Crippen LogP contribution in [-0.4, -0.2) is 41.6 Å². The summed E-state index contributed by atoms with van der Waals surface area (Å²) in [5.41, 5.74) is 6.41. The van der Waals surface area contributed by atoms with E-state index < -0.39 is 0 Å². The van der Waals surface area contributed by atoms with Crippen LogP contribution in [0.1, 0.15) is 11.5 Å². The van der Waals surface area contributed by atoms with Crippen LogP contribution in [0, 0.1) is 19.3 Å². The van der Waals surface area contributed by atoms with Gasteiger partial charge in [-0.05, 0) is 13.8 Å². The maximum absolute atomic E-state index is 7.42. The summed E-state index contributed by atoms with van der Waals surface area (Å²) in [6.45, 7) is 5.72. The quantitative estimate of drug-likeness (QED) is 0.566. The van der Waals surface area contributed by atoms with Crippen LogP contribution in [0.25, 0.3) is 0 Å². The summed E-state index contributed by atoms with van der Waals surface area (Å²) in [7, 11) is 0. The lowest BCUT2D eigenvalue weighted by molar-refractivity contribution is 0.0823. The van der Waals surface area contributed by atoms with Crippen molar-refractivity contribution in [2.75, 3.05) is 24.6 Å². The molecule has 3 N–H and O–H groups in total. The third kappa shape index (κ3) is 2.71. The van der Waals surface area contributed by atoms with Gasteiger partial charge in [-0.3, -0.25) is 5.41 Å². The Hall–Kier alpha value is -1.69. The van der Waals surface area contributed by atoms with E-state index >= 15 is 0 Å². The second kappa shape index (κ2) is 4.67. The number of rotatable bonds is 2. The number of nitrogens with one attached hydrogen (secondary N) is 1. The van der Waals surface area contributed by atoms with Gasteiger partial charge in [0, 0.05) is 18.3 Å². The third-order valence-corrected chi connectivity index (χ3v) is 2.69. The molecular weight excluding hydrogens is 218 g/mol. The molecule has 2 rings (SSSR count). The summed E-state index contributed by atoms with van der Waals surface area (Å²) < 4.78 is 5.42. The number of hydrogen-bond donors (Lipinski definition) is 2. The van der Waals surface area contributed by atoms with E-state index in [4.69, 9.17) is 15.9 Å². The molecule has 0 aromatic carbocycles. The van der Waals surface area contributed by atoms with Crippen molar-refractivity contribution in [1.29, 1.82) is 5.41 Å². The van der Waals surface area contributed by atoms with Gasteiger partial charge in [-0.2, -0.15) is 0 Å². The number of nitrogens with two attached hydrogens (primary N) is 1. The SMILES string of the molecule is Cc1cc(N2CCOC(C(=N)N)C2)nc(C)n1. The molecule has 0 amide bonds. The van der Waals surface area contributed by atoms with Crippen molar-refractivity contribution in [2.45, 2.75) is 20.0 Å². The molecule has 0 bridgehead atoms. The predicted molar refractivity (Wildman–Crippen MR) is 65.4 cm³/mol. The Balaban J connectivity index is 2.18. The topological polar surface area (TPSA) is 88.1 Å². The Labute approximate surface area is 100 Å². The second-order valence-electron chi connectivity index (χ2n) is 4.18. The lowest BCUT2D eigenvalue weighted by Crippen LogP contribution is -2.48. The number of hydrogen-bond acceptors (Lipinski definition) is 5. The van der Waals surface area contributed by atoms with Crippen LogP contribution in [0.5, 0.6) is 0 Å². The maximum Gasteiger partial charge on any atom is 0.132 e. The monoisotopic (exact) mass is 235 g/mol. The van der Waals surface area contributed by atoms with Gasteiger partial charge in [-0.25, -0.2) is 9.97 Å². The van der Waals surface area contributed by atoms with Crippen LogP contribution in [0.2, 0.25) is 0 Å². The number of aryl methyl sites for hydroxylation is 2. The minimum atomic E-state index is -0.334. The Morgan fingerprint density at radius 3 is 2.94 bits per heavy atom. The summed E-state index contributed by atoms with van der Waals surface area (Å²) in [5.74, 6) is 1.70. The van der Waals surface area contributed by atoms with Crippen molar-refractivity contribution >= 4 is 11.7 Å². The van der Waals surface area contributed by atoms with E-state index in [1.54, 1.807) is 0 Å². The second-order valence-corrected chi connectivity index (χ2v) is 4.18. The Kier molecular flexibility index (Phi) is 3.23. The van der Waals surface area contributed by atoms with Gasteiger partial charge in [0.05, 0.1) is 13.2 Å². The standard InChI is InChI=1S/C11H17N5O/c1-7-5-10(15-8(2)14-7)16-3-4-17-9(6-16)11(12)13/h5,9H,3-4,6H2,1-2H3,(H3,12,13). The van der Waals surface area contributed by atoms with E-state index in [1.165, 1.54) is 0 Å². The first-order valence-corrected chi connectivity index (χ1v) is 5.59. The largest absolute Gasteiger partial charge is 0.385 e. The molecule has 1 unspecified atom stereocenters. The van der Waals surface area contributed by atoms with Crippen LogP contribution >= 0.6 is 0 Å². The van der Waals surface area contributed by atoms with Gasteiger partial charge in [-0.1, -0.05) is 0 Å². The highest BCUT2D eigenvalue weighted by Gasteiger charge is 2.23. The maximum atomic E-state index is 7.42. The van der Waals surface area contributed by atoms with Crippen molar-refractivity contribution in [3.8, 4) is 0 Å². The van der Waals surface area contributed by atoms with E-state index in [1.807, 2.05) is 19.9 Å². The smallest absolute Gasteiger partial charge is 0.132 e. The Bertz CT molecular complexity index is 414. The fourth-order valence-corrected chi connectivity index (χ4v) is 1.90. The highest BCUT2D eigenvalue weighted by atomic mass is 16.5. The van der Waals surface area contributed by atoms with Gasteiger partial charge in [0.15, 0.2) is 0 Å². The van der Waals surface area contributed by atoms with Crippen LogP contribution in [0.15, 0.2) is 6.07 Å². The Morgan fingerprint density at radius 2 is 2.29 bits per heavy atom. The van der Waals surface area contributed by atoms with Crippen LogP contribution < -0.4 is 10.6 Å². The number of nitrogens with zero attached hydrogens (tertiary/aromatic N) is 3. The molecule has 1 fully saturated rings. The van der Waals surface area contributed by atoms with Crippen molar-refractivity contribution in [3.63, 3.8) is 0 Å². The molecular formula is C11H17N5O.